The van der Waals surface area contributed by atoms with Crippen LogP contribution in [0.3, 0.4) is 0 Å². The average molecular weight is 511 g/mol. The van der Waals surface area contributed by atoms with E-state index in [2.05, 4.69) is 50.4 Å². The highest BCUT2D eigenvalue weighted by atomic mass is 35.5. The van der Waals surface area contributed by atoms with Crippen molar-refractivity contribution in [3.8, 4) is 0 Å². The lowest BCUT2D eigenvalue weighted by atomic mass is 9.93. The smallest absolute Gasteiger partial charge is 0.338 e. The molecular formula is C27H31ClN4O2S. The van der Waals surface area contributed by atoms with Crippen LogP contribution < -0.4 is 5.32 Å². The molecule has 2 heterocycles. The fourth-order valence-corrected chi connectivity index (χ4v) is 5.09. The number of halogens is 1. The molecule has 1 aliphatic heterocycles. The summed E-state index contributed by atoms with van der Waals surface area (Å²) in [4.78, 5) is 17.9. The van der Waals surface area contributed by atoms with E-state index in [4.69, 9.17) is 26.4 Å². The van der Waals surface area contributed by atoms with Gasteiger partial charge in [0, 0.05) is 16.5 Å². The average Bonchev–Trinajstić information content (AvgIpc) is 3.25. The molecule has 3 aromatic rings. The molecule has 0 spiro atoms. The Morgan fingerprint density at radius 1 is 1.20 bits per heavy atom. The number of carbonyl (C=O) groups is 1. The predicted molar refractivity (Wildman–Crippen MR) is 142 cm³/mol. The fraction of sp³-hybridized carbons (Fsp3) is 0.370. The number of unbranched alkanes of at least 4 members (excludes halogenated alkanes) is 1. The number of ether oxygens (including phenoxy) is 1. The Labute approximate surface area is 216 Å². The van der Waals surface area contributed by atoms with Crippen molar-refractivity contribution in [1.29, 1.82) is 0 Å². The van der Waals surface area contributed by atoms with Crippen LogP contribution in [0.2, 0.25) is 5.02 Å². The molecule has 4 rings (SSSR count). The van der Waals surface area contributed by atoms with Crippen molar-refractivity contribution in [1.82, 2.24) is 14.8 Å². The molecule has 0 radical (unpaired) electrons. The highest BCUT2D eigenvalue weighted by Crippen LogP contribution is 2.37. The van der Waals surface area contributed by atoms with E-state index < -0.39 is 6.04 Å². The normalized spacial score (nSPS) is 15.2. The lowest BCUT2D eigenvalue weighted by molar-refractivity contribution is -0.139. The summed E-state index contributed by atoms with van der Waals surface area (Å²) < 4.78 is 7.42. The molecule has 8 heteroatoms. The highest BCUT2D eigenvalue weighted by Gasteiger charge is 2.35. The van der Waals surface area contributed by atoms with Gasteiger partial charge in [-0.3, -0.25) is 0 Å². The van der Waals surface area contributed by atoms with Crippen molar-refractivity contribution in [2.45, 2.75) is 63.4 Å². The molecule has 1 N–H and O–H groups in total. The zero-order chi connectivity index (χ0) is 24.9. The van der Waals surface area contributed by atoms with Crippen molar-refractivity contribution in [2.75, 3.05) is 11.9 Å². The highest BCUT2D eigenvalue weighted by molar-refractivity contribution is 7.98. The first-order chi connectivity index (χ1) is 16.9. The summed E-state index contributed by atoms with van der Waals surface area (Å²) in [6, 6.07) is 15.7. The van der Waals surface area contributed by atoms with E-state index in [1.807, 2.05) is 31.2 Å². The van der Waals surface area contributed by atoms with Crippen LogP contribution in [-0.2, 0) is 15.3 Å². The van der Waals surface area contributed by atoms with Gasteiger partial charge in [-0.15, -0.1) is 5.10 Å². The second-order valence-electron chi connectivity index (χ2n) is 8.92. The molecule has 35 heavy (non-hydrogen) atoms. The van der Waals surface area contributed by atoms with E-state index in [-0.39, 0.29) is 5.97 Å². The third kappa shape index (κ3) is 5.73. The number of nitrogens with one attached hydrogen (secondary N) is 1. The van der Waals surface area contributed by atoms with Gasteiger partial charge < -0.3 is 10.1 Å². The molecule has 0 aliphatic carbocycles. The maximum atomic E-state index is 13.2. The summed E-state index contributed by atoms with van der Waals surface area (Å²) in [7, 11) is 0. The number of hydrogen-bond acceptors (Lipinski definition) is 6. The summed E-state index contributed by atoms with van der Waals surface area (Å²) in [5.74, 6) is 1.34. The largest absolute Gasteiger partial charge is 0.462 e. The number of fused-ring (bicyclic) bond motifs is 1. The third-order valence-electron chi connectivity index (χ3n) is 6.02. The maximum absolute atomic E-state index is 13.2. The maximum Gasteiger partial charge on any atom is 0.338 e. The molecule has 1 aliphatic rings. The molecule has 184 valence electrons. The van der Waals surface area contributed by atoms with Crippen LogP contribution in [0.25, 0.3) is 0 Å². The number of allylic oxidation sites excluding steroid dienone is 1. The van der Waals surface area contributed by atoms with Gasteiger partial charge in [0.2, 0.25) is 11.1 Å². The van der Waals surface area contributed by atoms with Gasteiger partial charge in [-0.25, -0.2) is 9.48 Å². The van der Waals surface area contributed by atoms with Crippen LogP contribution in [-0.4, -0.2) is 27.3 Å². The van der Waals surface area contributed by atoms with E-state index in [1.54, 1.807) is 4.68 Å². The molecule has 0 bridgehead atoms. The number of rotatable bonds is 9. The van der Waals surface area contributed by atoms with Crippen LogP contribution in [0.15, 0.2) is 65.0 Å². The van der Waals surface area contributed by atoms with Crippen LogP contribution in [0.4, 0.5) is 5.95 Å². The molecule has 0 saturated heterocycles. The molecule has 6 nitrogen and oxygen atoms in total. The number of carbonyl (C=O) groups excluding carboxylic acids is 1. The van der Waals surface area contributed by atoms with Crippen LogP contribution in [0, 0.1) is 0 Å². The zero-order valence-corrected chi connectivity index (χ0v) is 22.1. The Morgan fingerprint density at radius 2 is 1.94 bits per heavy atom. The monoisotopic (exact) mass is 510 g/mol. The van der Waals surface area contributed by atoms with Gasteiger partial charge >= 0.3 is 5.97 Å². The first-order valence-electron chi connectivity index (χ1n) is 12.0. The quantitative estimate of drug-likeness (QED) is 0.190. The first kappa shape index (κ1) is 25.3. The van der Waals surface area contributed by atoms with Gasteiger partial charge in [0.05, 0.1) is 12.2 Å². The van der Waals surface area contributed by atoms with Gasteiger partial charge in [-0.2, -0.15) is 4.98 Å². The Balaban J connectivity index is 1.67. The van der Waals surface area contributed by atoms with Crippen LogP contribution >= 0.6 is 23.4 Å². The van der Waals surface area contributed by atoms with Crippen LogP contribution in [0.1, 0.15) is 69.2 Å². The SMILES string of the molecule is CCCCOC(=O)C1=C(C)Nc2nc(SCc3ccccc3Cl)nn2C1c1ccc(C(C)C)cc1. The Morgan fingerprint density at radius 3 is 2.63 bits per heavy atom. The lowest BCUT2D eigenvalue weighted by Crippen LogP contribution is -2.29. The van der Waals surface area contributed by atoms with E-state index >= 15 is 0 Å². The van der Waals surface area contributed by atoms with E-state index in [9.17, 15) is 4.79 Å². The van der Waals surface area contributed by atoms with Crippen molar-refractivity contribution >= 4 is 35.3 Å². The van der Waals surface area contributed by atoms with E-state index in [1.165, 1.54) is 17.3 Å². The topological polar surface area (TPSA) is 69.0 Å². The third-order valence-corrected chi connectivity index (χ3v) is 7.27. The number of esters is 1. The molecular weight excluding hydrogens is 480 g/mol. The first-order valence-corrected chi connectivity index (χ1v) is 13.3. The van der Waals surface area contributed by atoms with Crippen molar-refractivity contribution in [3.63, 3.8) is 0 Å². The molecule has 1 atom stereocenters. The van der Waals surface area contributed by atoms with Gasteiger partial charge in [0.1, 0.15) is 6.04 Å². The second-order valence-corrected chi connectivity index (χ2v) is 10.3. The number of nitrogens with zero attached hydrogens (tertiary/aromatic N) is 3. The predicted octanol–water partition coefficient (Wildman–Crippen LogP) is 6.98. The van der Waals surface area contributed by atoms with Gasteiger partial charge in [0.25, 0.3) is 0 Å². The minimum Gasteiger partial charge on any atom is -0.462 e. The molecule has 0 amide bonds. The molecule has 2 aromatic carbocycles. The molecule has 1 aromatic heterocycles. The summed E-state index contributed by atoms with van der Waals surface area (Å²) >= 11 is 7.84. The number of benzene rings is 2. The standard InChI is InChI=1S/C27H31ClN4O2S/c1-5-6-15-34-25(33)23-18(4)29-26-30-27(35-16-21-9-7-8-10-22(21)28)31-32(26)24(23)20-13-11-19(12-14-20)17(2)3/h7-14,17,24H,5-6,15-16H2,1-4H3,(H,29,30,31). The summed E-state index contributed by atoms with van der Waals surface area (Å²) in [5, 5.41) is 9.40. The molecule has 1 unspecified atom stereocenters. The van der Waals surface area contributed by atoms with Gasteiger partial charge in [0.15, 0.2) is 0 Å². The summed E-state index contributed by atoms with van der Waals surface area (Å²) in [6.07, 6.45) is 1.79. The second kappa shape index (κ2) is 11.3. The summed E-state index contributed by atoms with van der Waals surface area (Å²) in [5.41, 5.74) is 4.51. The number of thioether (sulfide) groups is 1. The molecule has 0 saturated carbocycles. The lowest BCUT2D eigenvalue weighted by Gasteiger charge is -2.28. The molecule has 0 fully saturated rings. The fourth-order valence-electron chi connectivity index (χ4n) is 3.97. The van der Waals surface area contributed by atoms with Crippen molar-refractivity contribution < 1.29 is 9.53 Å². The van der Waals surface area contributed by atoms with Crippen molar-refractivity contribution in [2.24, 2.45) is 0 Å². The zero-order valence-electron chi connectivity index (χ0n) is 20.5. The van der Waals surface area contributed by atoms with Gasteiger partial charge in [-0.1, -0.05) is 93.0 Å². The Kier molecular flexibility index (Phi) is 8.19. The van der Waals surface area contributed by atoms with E-state index in [0.29, 0.717) is 35.0 Å². The number of aromatic nitrogens is 3. The minimum atomic E-state index is -0.427. The number of hydrogen-bond donors (Lipinski definition) is 1. The van der Waals surface area contributed by atoms with Crippen molar-refractivity contribution in [3.05, 3.63) is 81.5 Å². The Hall–Kier alpha value is -2.77. The van der Waals surface area contributed by atoms with Gasteiger partial charge in [-0.05, 0) is 42.0 Å². The summed E-state index contributed by atoms with van der Waals surface area (Å²) in [6.45, 7) is 8.69. The number of anilines is 1. The minimum absolute atomic E-state index is 0.326. The van der Waals surface area contributed by atoms with Crippen LogP contribution in [0.5, 0.6) is 0 Å². The Bertz CT molecular complexity index is 1220. The van der Waals surface area contributed by atoms with E-state index in [0.717, 1.165) is 34.7 Å².